The van der Waals surface area contributed by atoms with Crippen LogP contribution in [-0.2, 0) is 4.74 Å². The molecular formula is C10H19IN2O. The molecule has 14 heavy (non-hydrogen) atoms. The fourth-order valence-electron chi connectivity index (χ4n) is 2.55. The van der Waals surface area contributed by atoms with E-state index in [4.69, 9.17) is 4.74 Å². The Balaban J connectivity index is 1.70. The molecule has 0 radical (unpaired) electrons. The highest BCUT2D eigenvalue weighted by Crippen LogP contribution is 2.40. The molecule has 2 heterocycles. The van der Waals surface area contributed by atoms with E-state index in [0.29, 0.717) is 5.41 Å². The zero-order chi connectivity index (χ0) is 10.0. The van der Waals surface area contributed by atoms with Crippen LogP contribution in [-0.4, -0.2) is 54.5 Å². The lowest BCUT2D eigenvalue weighted by Crippen LogP contribution is -2.59. The summed E-state index contributed by atoms with van der Waals surface area (Å²) in [6.45, 7) is 7.17. The fourth-order valence-corrected chi connectivity index (χ4v) is 3.03. The maximum Gasteiger partial charge on any atom is 0.0589 e. The first-order valence-corrected chi connectivity index (χ1v) is 6.33. The SMILES string of the molecule is COCCN1CC2(CCN(I)CC2)C1. The molecule has 2 fully saturated rings. The van der Waals surface area contributed by atoms with Crippen molar-refractivity contribution in [1.29, 1.82) is 0 Å². The Labute approximate surface area is 100 Å². The molecule has 0 unspecified atom stereocenters. The van der Waals surface area contributed by atoms with E-state index in [2.05, 4.69) is 30.9 Å². The molecule has 2 aliphatic rings. The number of methoxy groups -OCH3 is 1. The lowest BCUT2D eigenvalue weighted by atomic mass is 9.72. The molecule has 2 saturated heterocycles. The van der Waals surface area contributed by atoms with Crippen molar-refractivity contribution in [3.05, 3.63) is 0 Å². The molecule has 2 aliphatic heterocycles. The van der Waals surface area contributed by atoms with Gasteiger partial charge in [0.05, 0.1) is 6.61 Å². The van der Waals surface area contributed by atoms with Gasteiger partial charge >= 0.3 is 0 Å². The van der Waals surface area contributed by atoms with Crippen molar-refractivity contribution in [3.63, 3.8) is 0 Å². The summed E-state index contributed by atoms with van der Waals surface area (Å²) in [4.78, 5) is 2.52. The van der Waals surface area contributed by atoms with Crippen molar-refractivity contribution in [2.45, 2.75) is 12.8 Å². The van der Waals surface area contributed by atoms with Crippen LogP contribution in [0.1, 0.15) is 12.8 Å². The molecule has 0 N–H and O–H groups in total. The van der Waals surface area contributed by atoms with E-state index in [-0.39, 0.29) is 0 Å². The topological polar surface area (TPSA) is 15.7 Å². The highest BCUT2D eigenvalue weighted by Gasteiger charge is 2.43. The van der Waals surface area contributed by atoms with Crippen LogP contribution in [0.5, 0.6) is 0 Å². The minimum Gasteiger partial charge on any atom is -0.383 e. The van der Waals surface area contributed by atoms with Crippen molar-refractivity contribution in [3.8, 4) is 0 Å². The molecule has 0 atom stereocenters. The summed E-state index contributed by atoms with van der Waals surface area (Å²) < 4.78 is 7.51. The predicted octanol–water partition coefficient (Wildman–Crippen LogP) is 1.38. The van der Waals surface area contributed by atoms with Crippen LogP contribution in [0.15, 0.2) is 0 Å². The average Bonchev–Trinajstić information content (AvgIpc) is 2.14. The van der Waals surface area contributed by atoms with E-state index < -0.39 is 0 Å². The number of nitrogens with zero attached hydrogens (tertiary/aromatic N) is 2. The molecular weight excluding hydrogens is 291 g/mol. The summed E-state index contributed by atoms with van der Waals surface area (Å²) in [5, 5.41) is 0. The van der Waals surface area contributed by atoms with Gasteiger partial charge in [-0.1, -0.05) is 0 Å². The van der Waals surface area contributed by atoms with Crippen LogP contribution >= 0.6 is 22.9 Å². The van der Waals surface area contributed by atoms with E-state index in [9.17, 15) is 0 Å². The molecule has 0 aliphatic carbocycles. The minimum absolute atomic E-state index is 0.676. The summed E-state index contributed by atoms with van der Waals surface area (Å²) in [5.41, 5.74) is 0.676. The van der Waals surface area contributed by atoms with Gasteiger partial charge in [-0.05, 0) is 18.3 Å². The number of hydrogen-bond acceptors (Lipinski definition) is 3. The quantitative estimate of drug-likeness (QED) is 0.579. The molecule has 0 aromatic carbocycles. The second-order valence-corrected chi connectivity index (χ2v) is 5.98. The van der Waals surface area contributed by atoms with Crippen LogP contribution in [0.25, 0.3) is 0 Å². The number of piperidine rings is 1. The summed E-state index contributed by atoms with van der Waals surface area (Å²) >= 11 is 2.44. The molecule has 3 nitrogen and oxygen atoms in total. The largest absolute Gasteiger partial charge is 0.383 e. The van der Waals surface area contributed by atoms with Crippen molar-refractivity contribution in [1.82, 2.24) is 8.01 Å². The number of likely N-dealkylation sites (tertiary alicyclic amines) is 1. The smallest absolute Gasteiger partial charge is 0.0589 e. The normalized spacial score (nSPS) is 27.9. The van der Waals surface area contributed by atoms with Gasteiger partial charge in [0.1, 0.15) is 0 Å². The van der Waals surface area contributed by atoms with Crippen molar-refractivity contribution in [2.24, 2.45) is 5.41 Å². The zero-order valence-corrected chi connectivity index (χ0v) is 11.0. The number of halogens is 1. The number of ether oxygens (including phenoxy) is 1. The Morgan fingerprint density at radius 1 is 1.29 bits per heavy atom. The molecule has 82 valence electrons. The van der Waals surface area contributed by atoms with Gasteiger partial charge in [-0.25, -0.2) is 3.11 Å². The van der Waals surface area contributed by atoms with Crippen LogP contribution in [0.4, 0.5) is 0 Å². The highest BCUT2D eigenvalue weighted by atomic mass is 127. The van der Waals surface area contributed by atoms with Crippen LogP contribution in [0.2, 0.25) is 0 Å². The molecule has 0 saturated carbocycles. The molecule has 0 aromatic rings. The van der Waals surface area contributed by atoms with Gasteiger partial charge in [0, 0.05) is 62.7 Å². The Kier molecular flexibility index (Phi) is 3.68. The first-order valence-electron chi connectivity index (χ1n) is 5.36. The van der Waals surface area contributed by atoms with E-state index in [0.717, 1.165) is 13.2 Å². The van der Waals surface area contributed by atoms with Gasteiger partial charge in [0.15, 0.2) is 0 Å². The van der Waals surface area contributed by atoms with Gasteiger partial charge < -0.3 is 4.74 Å². The Hall–Kier alpha value is 0.610. The first-order chi connectivity index (χ1) is 6.74. The Morgan fingerprint density at radius 2 is 1.93 bits per heavy atom. The van der Waals surface area contributed by atoms with Crippen molar-refractivity contribution < 1.29 is 4.74 Å². The Morgan fingerprint density at radius 3 is 2.50 bits per heavy atom. The predicted molar refractivity (Wildman–Crippen MR) is 65.6 cm³/mol. The van der Waals surface area contributed by atoms with Crippen LogP contribution in [0.3, 0.4) is 0 Å². The van der Waals surface area contributed by atoms with E-state index in [1.165, 1.54) is 39.0 Å². The fraction of sp³-hybridized carbons (Fsp3) is 1.00. The molecule has 0 bridgehead atoms. The zero-order valence-electron chi connectivity index (χ0n) is 8.84. The summed E-state index contributed by atoms with van der Waals surface area (Å²) in [6.07, 6.45) is 2.78. The third-order valence-corrected chi connectivity index (χ3v) is 4.46. The monoisotopic (exact) mass is 310 g/mol. The van der Waals surface area contributed by atoms with Crippen molar-refractivity contribution in [2.75, 3.05) is 46.4 Å². The second-order valence-electron chi connectivity index (χ2n) is 4.61. The summed E-state index contributed by atoms with van der Waals surface area (Å²) in [5.74, 6) is 0. The minimum atomic E-state index is 0.676. The standard InChI is InChI=1S/C10H19IN2O/c1-14-7-6-12-8-10(9-12)2-4-13(11)5-3-10/h2-9H2,1H3. The second kappa shape index (κ2) is 4.63. The van der Waals surface area contributed by atoms with Crippen molar-refractivity contribution >= 4 is 22.9 Å². The Bertz CT molecular complexity index is 185. The maximum absolute atomic E-state index is 5.09. The molecule has 2 rings (SSSR count). The van der Waals surface area contributed by atoms with Gasteiger partial charge in [0.25, 0.3) is 0 Å². The van der Waals surface area contributed by atoms with Gasteiger partial charge in [-0.15, -0.1) is 0 Å². The lowest BCUT2D eigenvalue weighted by Gasteiger charge is -2.53. The van der Waals surface area contributed by atoms with E-state index in [1.54, 1.807) is 7.11 Å². The molecule has 4 heteroatoms. The van der Waals surface area contributed by atoms with Crippen LogP contribution in [0, 0.1) is 5.41 Å². The summed E-state index contributed by atoms with van der Waals surface area (Å²) in [7, 11) is 1.78. The highest BCUT2D eigenvalue weighted by molar-refractivity contribution is 14.1. The van der Waals surface area contributed by atoms with Crippen LogP contribution < -0.4 is 0 Å². The third kappa shape index (κ3) is 2.40. The molecule has 0 amide bonds. The first kappa shape index (κ1) is 11.1. The maximum atomic E-state index is 5.09. The third-order valence-electron chi connectivity index (χ3n) is 3.50. The van der Waals surface area contributed by atoms with Gasteiger partial charge in [-0.3, -0.25) is 4.90 Å². The van der Waals surface area contributed by atoms with Gasteiger partial charge in [0.2, 0.25) is 0 Å². The molecule has 0 aromatic heterocycles. The molecule has 1 spiro atoms. The average molecular weight is 310 g/mol. The van der Waals surface area contributed by atoms with E-state index >= 15 is 0 Å². The number of rotatable bonds is 3. The number of hydrogen-bond donors (Lipinski definition) is 0. The lowest BCUT2D eigenvalue weighted by molar-refractivity contribution is -0.0408. The van der Waals surface area contributed by atoms with Gasteiger partial charge in [-0.2, -0.15) is 0 Å². The van der Waals surface area contributed by atoms with E-state index in [1.807, 2.05) is 0 Å². The summed E-state index contributed by atoms with van der Waals surface area (Å²) in [6, 6.07) is 0.